The number of esters is 1. The Balaban J connectivity index is 4.05. The van der Waals surface area contributed by atoms with Crippen LogP contribution in [0.4, 0.5) is 0 Å². The third kappa shape index (κ3) is 3.07. The monoisotopic (exact) mass is 140 g/mol. The van der Waals surface area contributed by atoms with Crippen molar-refractivity contribution < 1.29 is 9.53 Å². The smallest absolute Gasteiger partial charge is 0.333 e. The minimum atomic E-state index is -0.280. The van der Waals surface area contributed by atoms with Crippen molar-refractivity contribution in [2.24, 2.45) is 0 Å². The van der Waals surface area contributed by atoms with Gasteiger partial charge in [0.05, 0.1) is 7.11 Å². The zero-order chi connectivity index (χ0) is 7.98. The molecule has 0 aromatic heterocycles. The molecule has 0 aliphatic rings. The molecule has 0 aliphatic heterocycles. The number of methoxy groups -OCH3 is 1. The molecular weight excluding hydrogens is 128 g/mol. The van der Waals surface area contributed by atoms with Crippen LogP contribution in [0.3, 0.4) is 0 Å². The fraction of sp³-hybridized carbons (Fsp3) is 0.375. The Bertz CT molecular complexity index is 166. The van der Waals surface area contributed by atoms with Gasteiger partial charge in [0.25, 0.3) is 0 Å². The van der Waals surface area contributed by atoms with E-state index >= 15 is 0 Å². The number of allylic oxidation sites excluding steroid dienone is 3. The van der Waals surface area contributed by atoms with E-state index in [-0.39, 0.29) is 5.97 Å². The normalized spacial score (nSPS) is 12.1. The summed E-state index contributed by atoms with van der Waals surface area (Å²) < 4.78 is 4.47. The van der Waals surface area contributed by atoms with Crippen molar-refractivity contribution in [3.63, 3.8) is 0 Å². The van der Waals surface area contributed by atoms with E-state index in [1.807, 2.05) is 13.0 Å². The van der Waals surface area contributed by atoms with Crippen molar-refractivity contribution >= 4 is 5.97 Å². The lowest BCUT2D eigenvalue weighted by Crippen LogP contribution is -2.00. The van der Waals surface area contributed by atoms with Crippen LogP contribution in [0.2, 0.25) is 0 Å². The molecule has 0 heterocycles. The first kappa shape index (κ1) is 8.95. The molecule has 0 aliphatic carbocycles. The van der Waals surface area contributed by atoms with Gasteiger partial charge in [0.15, 0.2) is 0 Å². The highest BCUT2D eigenvalue weighted by molar-refractivity contribution is 5.87. The third-order valence-corrected chi connectivity index (χ3v) is 1.05. The lowest BCUT2D eigenvalue weighted by atomic mass is 10.3. The van der Waals surface area contributed by atoms with Gasteiger partial charge in [0.1, 0.15) is 0 Å². The summed E-state index contributed by atoms with van der Waals surface area (Å²) in [6.45, 7) is 3.60. The number of hydrogen-bond donors (Lipinski definition) is 0. The molecule has 0 bridgehead atoms. The van der Waals surface area contributed by atoms with Crippen LogP contribution in [-0.2, 0) is 9.53 Å². The molecule has 0 atom stereocenters. The van der Waals surface area contributed by atoms with Gasteiger partial charge in [-0.1, -0.05) is 18.2 Å². The topological polar surface area (TPSA) is 26.3 Å². The van der Waals surface area contributed by atoms with Crippen molar-refractivity contribution in [3.05, 3.63) is 23.8 Å². The summed E-state index contributed by atoms with van der Waals surface area (Å²) in [7, 11) is 1.37. The summed E-state index contributed by atoms with van der Waals surface area (Å²) in [4.78, 5) is 10.7. The summed E-state index contributed by atoms with van der Waals surface area (Å²) in [5.41, 5.74) is 0.612. The molecule has 0 N–H and O–H groups in total. The zero-order valence-electron chi connectivity index (χ0n) is 6.55. The first-order valence-electron chi connectivity index (χ1n) is 3.10. The average Bonchev–Trinajstić information content (AvgIpc) is 1.98. The van der Waals surface area contributed by atoms with Crippen LogP contribution in [0.5, 0.6) is 0 Å². The molecule has 0 unspecified atom stereocenters. The Kier molecular flexibility index (Phi) is 4.29. The maximum absolute atomic E-state index is 10.7. The second kappa shape index (κ2) is 4.79. The van der Waals surface area contributed by atoms with Crippen LogP contribution in [0.15, 0.2) is 23.8 Å². The standard InChI is InChI=1S/C8H12O2/c1-4-5-6-7(2)8(9)10-3/h4-6H,1-3H3. The van der Waals surface area contributed by atoms with E-state index in [4.69, 9.17) is 0 Å². The third-order valence-electron chi connectivity index (χ3n) is 1.05. The highest BCUT2D eigenvalue weighted by atomic mass is 16.5. The highest BCUT2D eigenvalue weighted by Gasteiger charge is 1.99. The molecule has 10 heavy (non-hydrogen) atoms. The summed E-state index contributed by atoms with van der Waals surface area (Å²) in [5.74, 6) is -0.280. The zero-order valence-corrected chi connectivity index (χ0v) is 6.55. The fourth-order valence-corrected chi connectivity index (χ4v) is 0.470. The molecule has 56 valence electrons. The maximum atomic E-state index is 10.7. The first-order valence-corrected chi connectivity index (χ1v) is 3.10. The van der Waals surface area contributed by atoms with E-state index in [1.54, 1.807) is 19.1 Å². The second-order valence-electron chi connectivity index (χ2n) is 1.87. The number of hydrogen-bond acceptors (Lipinski definition) is 2. The van der Waals surface area contributed by atoms with Crippen molar-refractivity contribution in [1.82, 2.24) is 0 Å². The number of carbonyl (C=O) groups is 1. The van der Waals surface area contributed by atoms with Gasteiger partial charge in [-0.2, -0.15) is 0 Å². The van der Waals surface area contributed by atoms with E-state index in [0.29, 0.717) is 5.57 Å². The van der Waals surface area contributed by atoms with E-state index < -0.39 is 0 Å². The Morgan fingerprint density at radius 3 is 2.50 bits per heavy atom. The van der Waals surface area contributed by atoms with Crippen LogP contribution in [0.1, 0.15) is 13.8 Å². The minimum absolute atomic E-state index is 0.280. The van der Waals surface area contributed by atoms with Gasteiger partial charge >= 0.3 is 5.97 Å². The highest BCUT2D eigenvalue weighted by Crippen LogP contribution is 1.94. The fourth-order valence-electron chi connectivity index (χ4n) is 0.470. The summed E-state index contributed by atoms with van der Waals surface area (Å²) in [5, 5.41) is 0. The first-order chi connectivity index (χ1) is 4.72. The molecular formula is C8H12O2. The van der Waals surface area contributed by atoms with Gasteiger partial charge in [-0.3, -0.25) is 0 Å². The van der Waals surface area contributed by atoms with E-state index in [9.17, 15) is 4.79 Å². The van der Waals surface area contributed by atoms with Crippen LogP contribution in [0.25, 0.3) is 0 Å². The minimum Gasteiger partial charge on any atom is -0.466 e. The Morgan fingerprint density at radius 1 is 1.50 bits per heavy atom. The number of ether oxygens (including phenoxy) is 1. The second-order valence-corrected chi connectivity index (χ2v) is 1.87. The molecule has 2 heteroatoms. The van der Waals surface area contributed by atoms with Crippen molar-refractivity contribution in [3.8, 4) is 0 Å². The predicted octanol–water partition coefficient (Wildman–Crippen LogP) is 1.68. The molecule has 0 saturated heterocycles. The van der Waals surface area contributed by atoms with Crippen molar-refractivity contribution in [2.45, 2.75) is 13.8 Å². The molecule has 0 spiro atoms. The van der Waals surface area contributed by atoms with Crippen LogP contribution >= 0.6 is 0 Å². The molecule has 0 amide bonds. The van der Waals surface area contributed by atoms with Crippen LogP contribution in [-0.4, -0.2) is 13.1 Å². The van der Waals surface area contributed by atoms with Gasteiger partial charge in [-0.15, -0.1) is 0 Å². The van der Waals surface area contributed by atoms with Crippen LogP contribution < -0.4 is 0 Å². The Labute approximate surface area is 61.2 Å². The van der Waals surface area contributed by atoms with E-state index in [2.05, 4.69) is 4.74 Å². The van der Waals surface area contributed by atoms with Gasteiger partial charge < -0.3 is 4.74 Å². The largest absolute Gasteiger partial charge is 0.466 e. The van der Waals surface area contributed by atoms with Gasteiger partial charge in [-0.05, 0) is 13.8 Å². The Hall–Kier alpha value is -1.05. The van der Waals surface area contributed by atoms with E-state index in [1.165, 1.54) is 7.11 Å². The molecule has 0 aromatic carbocycles. The van der Waals surface area contributed by atoms with E-state index in [0.717, 1.165) is 0 Å². The lowest BCUT2D eigenvalue weighted by Gasteiger charge is -1.94. The Morgan fingerprint density at radius 2 is 2.10 bits per heavy atom. The molecule has 0 rings (SSSR count). The maximum Gasteiger partial charge on any atom is 0.333 e. The molecule has 0 saturated carbocycles. The summed E-state index contributed by atoms with van der Waals surface area (Å²) in [6.07, 6.45) is 5.37. The van der Waals surface area contributed by atoms with Gasteiger partial charge in [-0.25, -0.2) is 4.79 Å². The van der Waals surface area contributed by atoms with Crippen LogP contribution in [0, 0.1) is 0 Å². The van der Waals surface area contributed by atoms with Gasteiger partial charge in [0, 0.05) is 5.57 Å². The number of carbonyl (C=O) groups excluding carboxylic acids is 1. The summed E-state index contributed by atoms with van der Waals surface area (Å²) in [6, 6.07) is 0. The molecule has 2 nitrogen and oxygen atoms in total. The SMILES string of the molecule is CC=CC=C(C)C(=O)OC. The average molecular weight is 140 g/mol. The molecule has 0 aromatic rings. The lowest BCUT2D eigenvalue weighted by molar-refractivity contribution is -0.136. The molecule has 0 fully saturated rings. The van der Waals surface area contributed by atoms with Gasteiger partial charge in [0.2, 0.25) is 0 Å². The molecule has 0 radical (unpaired) electrons. The van der Waals surface area contributed by atoms with Crippen molar-refractivity contribution in [2.75, 3.05) is 7.11 Å². The predicted molar refractivity (Wildman–Crippen MR) is 40.6 cm³/mol. The van der Waals surface area contributed by atoms with Crippen molar-refractivity contribution in [1.29, 1.82) is 0 Å². The quantitative estimate of drug-likeness (QED) is 0.331. The number of rotatable bonds is 2. The summed E-state index contributed by atoms with van der Waals surface area (Å²) >= 11 is 0.